The highest BCUT2D eigenvalue weighted by Gasteiger charge is 2.33. The Kier molecular flexibility index (Phi) is 7.33. The van der Waals surface area contributed by atoms with Crippen molar-refractivity contribution in [2.24, 2.45) is 0 Å². The summed E-state index contributed by atoms with van der Waals surface area (Å²) in [5.74, 6) is -0.199. The molecule has 2 rings (SSSR count). The molecule has 1 fully saturated rings. The first-order chi connectivity index (χ1) is 12.3. The third-order valence-electron chi connectivity index (χ3n) is 4.68. The predicted octanol–water partition coefficient (Wildman–Crippen LogP) is 4.22. The number of rotatable bonds is 7. The van der Waals surface area contributed by atoms with E-state index < -0.39 is 11.6 Å². The van der Waals surface area contributed by atoms with Gasteiger partial charge in [-0.3, -0.25) is 4.79 Å². The van der Waals surface area contributed by atoms with Crippen LogP contribution in [0.4, 0.5) is 0 Å². The zero-order chi connectivity index (χ0) is 19.2. The molecule has 1 aromatic rings. The molecule has 0 bridgehead atoms. The first-order valence-corrected chi connectivity index (χ1v) is 9.62. The fourth-order valence-electron chi connectivity index (χ4n) is 3.25. The van der Waals surface area contributed by atoms with E-state index in [1.165, 1.54) is 6.42 Å². The van der Waals surface area contributed by atoms with E-state index in [1.807, 2.05) is 11.8 Å². The van der Waals surface area contributed by atoms with Gasteiger partial charge in [0.15, 0.2) is 12.2 Å². The molecule has 0 spiro atoms. The number of carbonyl (C=O) groups excluding carboxylic acids is 2. The molecule has 0 heterocycles. The number of carbonyl (C=O) groups is 2. The molecule has 0 N–H and O–H groups in total. The molecule has 0 aliphatic heterocycles. The number of hydrogen-bond acceptors (Lipinski definition) is 4. The van der Waals surface area contributed by atoms with E-state index in [-0.39, 0.29) is 18.6 Å². The fraction of sp³-hybridized carbons (Fsp3) is 0.600. The van der Waals surface area contributed by atoms with E-state index in [1.54, 1.807) is 38.1 Å². The smallest absolute Gasteiger partial charge is 0.350 e. The second-order valence-electron chi connectivity index (χ2n) is 7.11. The molecular weight excluding hydrogens is 354 g/mol. The summed E-state index contributed by atoms with van der Waals surface area (Å²) in [5.41, 5.74) is -1.20. The van der Waals surface area contributed by atoms with Crippen molar-refractivity contribution in [3.05, 3.63) is 29.3 Å². The Balaban J connectivity index is 1.88. The zero-order valence-corrected chi connectivity index (χ0v) is 16.6. The minimum atomic E-state index is -1.20. The van der Waals surface area contributed by atoms with Crippen molar-refractivity contribution in [3.8, 4) is 5.75 Å². The van der Waals surface area contributed by atoms with Gasteiger partial charge in [0.05, 0.1) is 0 Å². The van der Waals surface area contributed by atoms with Gasteiger partial charge in [0.2, 0.25) is 0 Å². The number of amides is 1. The van der Waals surface area contributed by atoms with Gasteiger partial charge in [0, 0.05) is 17.6 Å². The maximum absolute atomic E-state index is 12.5. The molecule has 0 unspecified atom stereocenters. The quantitative estimate of drug-likeness (QED) is 0.663. The van der Waals surface area contributed by atoms with Crippen molar-refractivity contribution < 1.29 is 19.1 Å². The maximum atomic E-state index is 12.5. The lowest BCUT2D eigenvalue weighted by Gasteiger charge is -2.33. The SMILES string of the molecule is CCN(C(=O)COC(=O)C(C)(C)Oc1ccc(Cl)cc1)C1CCCCC1. The van der Waals surface area contributed by atoms with Gasteiger partial charge in [0.1, 0.15) is 5.75 Å². The van der Waals surface area contributed by atoms with Crippen molar-refractivity contribution in [2.45, 2.75) is 64.5 Å². The summed E-state index contributed by atoms with van der Waals surface area (Å²) >= 11 is 5.85. The Labute approximate surface area is 160 Å². The van der Waals surface area contributed by atoms with Crippen molar-refractivity contribution in [1.82, 2.24) is 4.90 Å². The van der Waals surface area contributed by atoms with Gasteiger partial charge >= 0.3 is 5.97 Å². The van der Waals surface area contributed by atoms with Gasteiger partial charge in [-0.1, -0.05) is 30.9 Å². The van der Waals surface area contributed by atoms with Gasteiger partial charge < -0.3 is 14.4 Å². The number of benzene rings is 1. The Morgan fingerprint density at radius 3 is 2.35 bits per heavy atom. The maximum Gasteiger partial charge on any atom is 0.350 e. The summed E-state index contributed by atoms with van der Waals surface area (Å²) in [5, 5.41) is 0.589. The molecular formula is C20H28ClNO4. The highest BCUT2D eigenvalue weighted by molar-refractivity contribution is 6.30. The second-order valence-corrected chi connectivity index (χ2v) is 7.55. The minimum absolute atomic E-state index is 0.143. The van der Waals surface area contributed by atoms with Crippen LogP contribution in [-0.4, -0.2) is 41.6 Å². The van der Waals surface area contributed by atoms with Crippen LogP contribution >= 0.6 is 11.6 Å². The molecule has 144 valence electrons. The largest absolute Gasteiger partial charge is 0.476 e. The van der Waals surface area contributed by atoms with Gasteiger partial charge in [-0.25, -0.2) is 4.79 Å². The Bertz CT molecular complexity index is 609. The highest BCUT2D eigenvalue weighted by atomic mass is 35.5. The van der Waals surface area contributed by atoms with Gasteiger partial charge in [-0.05, 0) is 57.9 Å². The van der Waals surface area contributed by atoms with E-state index in [9.17, 15) is 9.59 Å². The van der Waals surface area contributed by atoms with E-state index in [0.29, 0.717) is 17.3 Å². The van der Waals surface area contributed by atoms with Crippen molar-refractivity contribution in [1.29, 1.82) is 0 Å². The minimum Gasteiger partial charge on any atom is -0.476 e. The van der Waals surface area contributed by atoms with Gasteiger partial charge in [-0.15, -0.1) is 0 Å². The van der Waals surface area contributed by atoms with Crippen molar-refractivity contribution in [3.63, 3.8) is 0 Å². The summed E-state index contributed by atoms with van der Waals surface area (Å²) < 4.78 is 11.0. The zero-order valence-electron chi connectivity index (χ0n) is 15.8. The number of esters is 1. The second kappa shape index (κ2) is 9.26. The van der Waals surface area contributed by atoms with Crippen molar-refractivity contribution >= 4 is 23.5 Å². The van der Waals surface area contributed by atoms with Crippen LogP contribution in [0.2, 0.25) is 5.02 Å². The third kappa shape index (κ3) is 5.63. The average Bonchev–Trinajstić information content (AvgIpc) is 2.63. The molecule has 0 saturated heterocycles. The van der Waals surface area contributed by atoms with Crippen LogP contribution in [0.5, 0.6) is 5.75 Å². The normalized spacial score (nSPS) is 15.4. The molecule has 0 atom stereocenters. The molecule has 1 aliphatic carbocycles. The van der Waals surface area contributed by atoms with Gasteiger partial charge in [-0.2, -0.15) is 0 Å². The Morgan fingerprint density at radius 2 is 1.77 bits per heavy atom. The van der Waals surface area contributed by atoms with Crippen molar-refractivity contribution in [2.75, 3.05) is 13.2 Å². The van der Waals surface area contributed by atoms with Crippen LogP contribution in [0.25, 0.3) is 0 Å². The molecule has 1 amide bonds. The van der Waals surface area contributed by atoms with Gasteiger partial charge in [0.25, 0.3) is 5.91 Å². The lowest BCUT2D eigenvalue weighted by Crippen LogP contribution is -2.45. The monoisotopic (exact) mass is 381 g/mol. The number of halogens is 1. The van der Waals surface area contributed by atoms with Crippen LogP contribution < -0.4 is 4.74 Å². The van der Waals surface area contributed by atoms with Crippen LogP contribution in [0.15, 0.2) is 24.3 Å². The topological polar surface area (TPSA) is 55.8 Å². The van der Waals surface area contributed by atoms with Crippen LogP contribution in [0.3, 0.4) is 0 Å². The van der Waals surface area contributed by atoms with E-state index in [4.69, 9.17) is 21.1 Å². The molecule has 1 saturated carbocycles. The first-order valence-electron chi connectivity index (χ1n) is 9.24. The summed E-state index contributed by atoms with van der Waals surface area (Å²) in [7, 11) is 0. The van der Waals surface area contributed by atoms with Crippen LogP contribution in [-0.2, 0) is 14.3 Å². The number of ether oxygens (including phenoxy) is 2. The van der Waals surface area contributed by atoms with E-state index >= 15 is 0 Å². The number of likely N-dealkylation sites (N-methyl/N-ethyl adjacent to an activating group) is 1. The third-order valence-corrected chi connectivity index (χ3v) is 4.93. The lowest BCUT2D eigenvalue weighted by atomic mass is 9.94. The molecule has 5 nitrogen and oxygen atoms in total. The number of nitrogens with zero attached hydrogens (tertiary/aromatic N) is 1. The lowest BCUT2D eigenvalue weighted by molar-refractivity contribution is -0.164. The molecule has 1 aromatic carbocycles. The standard InChI is InChI=1S/C20H28ClNO4/c1-4-22(16-8-6-5-7-9-16)18(23)14-25-19(24)20(2,3)26-17-12-10-15(21)11-13-17/h10-13,16H,4-9,14H2,1-3H3. The fourth-order valence-corrected chi connectivity index (χ4v) is 3.38. The van der Waals surface area contributed by atoms with E-state index in [0.717, 1.165) is 25.7 Å². The summed E-state index contributed by atoms with van der Waals surface area (Å²) in [6.07, 6.45) is 5.58. The van der Waals surface area contributed by atoms with Crippen LogP contribution in [0, 0.1) is 0 Å². The molecule has 26 heavy (non-hydrogen) atoms. The molecule has 0 radical (unpaired) electrons. The average molecular weight is 382 g/mol. The Hall–Kier alpha value is -1.75. The summed E-state index contributed by atoms with van der Waals surface area (Å²) in [6.45, 7) is 5.57. The number of hydrogen-bond donors (Lipinski definition) is 0. The summed E-state index contributed by atoms with van der Waals surface area (Å²) in [6, 6.07) is 7.00. The predicted molar refractivity (Wildman–Crippen MR) is 101 cm³/mol. The summed E-state index contributed by atoms with van der Waals surface area (Å²) in [4.78, 5) is 26.7. The first kappa shape index (κ1) is 20.6. The highest BCUT2D eigenvalue weighted by Crippen LogP contribution is 2.24. The van der Waals surface area contributed by atoms with Crippen LogP contribution in [0.1, 0.15) is 52.9 Å². The Morgan fingerprint density at radius 1 is 1.15 bits per heavy atom. The van der Waals surface area contributed by atoms with E-state index in [2.05, 4.69) is 0 Å². The molecule has 0 aromatic heterocycles. The molecule has 1 aliphatic rings. The molecule has 6 heteroatoms.